The van der Waals surface area contributed by atoms with Crippen LogP contribution in [-0.4, -0.2) is 11.4 Å². The van der Waals surface area contributed by atoms with Crippen molar-refractivity contribution in [3.8, 4) is 0 Å². The summed E-state index contributed by atoms with van der Waals surface area (Å²) in [6.45, 7) is 9.77. The average Bonchev–Trinajstić information content (AvgIpc) is 2.05. The predicted octanol–water partition coefficient (Wildman–Crippen LogP) is 2.78. The van der Waals surface area contributed by atoms with Crippen molar-refractivity contribution < 1.29 is 10.1 Å². The van der Waals surface area contributed by atoms with Crippen molar-refractivity contribution >= 4 is 0 Å². The molecule has 0 spiro atoms. The molecule has 1 rings (SSSR count). The van der Waals surface area contributed by atoms with Crippen molar-refractivity contribution in [1.29, 1.82) is 0 Å². The summed E-state index contributed by atoms with van der Waals surface area (Å²) in [5.41, 5.74) is 2.17. The Kier molecular flexibility index (Phi) is 3.06. The van der Waals surface area contributed by atoms with Crippen molar-refractivity contribution in [2.24, 2.45) is 5.92 Å². The van der Waals surface area contributed by atoms with E-state index in [2.05, 4.69) is 18.0 Å². The zero-order valence-electron chi connectivity index (χ0n) is 7.55. The first-order valence-electron chi connectivity index (χ1n) is 4.28. The highest BCUT2D eigenvalue weighted by molar-refractivity contribution is 5.11. The first-order chi connectivity index (χ1) is 5.65. The quantitative estimate of drug-likeness (QED) is 0.390. The minimum absolute atomic E-state index is 0.180. The Balaban J connectivity index is 2.55. The molecular weight excluding hydrogens is 152 g/mol. The molecule has 1 unspecified atom stereocenters. The SMILES string of the molecule is C=C1CC[C@@H](C(=C)C)CC1OO. The molecule has 12 heavy (non-hydrogen) atoms. The van der Waals surface area contributed by atoms with Gasteiger partial charge in [-0.15, -0.1) is 0 Å². The highest BCUT2D eigenvalue weighted by Gasteiger charge is 2.25. The first-order valence-corrected chi connectivity index (χ1v) is 4.28. The van der Waals surface area contributed by atoms with Gasteiger partial charge in [-0.1, -0.05) is 18.7 Å². The molecule has 0 aromatic rings. The van der Waals surface area contributed by atoms with Gasteiger partial charge in [0.2, 0.25) is 0 Å². The molecular formula is C10H16O2. The molecule has 2 nitrogen and oxygen atoms in total. The zero-order chi connectivity index (χ0) is 9.14. The third-order valence-electron chi connectivity index (χ3n) is 2.59. The molecule has 1 fully saturated rings. The van der Waals surface area contributed by atoms with Crippen LogP contribution in [0, 0.1) is 5.92 Å². The van der Waals surface area contributed by atoms with E-state index in [-0.39, 0.29) is 6.10 Å². The van der Waals surface area contributed by atoms with Crippen LogP contribution in [0.2, 0.25) is 0 Å². The van der Waals surface area contributed by atoms with Gasteiger partial charge in [-0.25, -0.2) is 4.89 Å². The average molecular weight is 168 g/mol. The van der Waals surface area contributed by atoms with Crippen molar-refractivity contribution in [1.82, 2.24) is 0 Å². The fourth-order valence-electron chi connectivity index (χ4n) is 1.63. The van der Waals surface area contributed by atoms with Crippen molar-refractivity contribution in [3.05, 3.63) is 24.3 Å². The lowest BCUT2D eigenvalue weighted by Crippen LogP contribution is -2.24. The van der Waals surface area contributed by atoms with E-state index in [1.807, 2.05) is 6.92 Å². The number of hydrogen-bond acceptors (Lipinski definition) is 2. The van der Waals surface area contributed by atoms with Crippen LogP contribution in [0.4, 0.5) is 0 Å². The molecule has 1 N–H and O–H groups in total. The Bertz CT molecular complexity index is 196. The molecule has 2 heteroatoms. The summed E-state index contributed by atoms with van der Waals surface area (Å²) in [7, 11) is 0. The molecule has 0 saturated heterocycles. The topological polar surface area (TPSA) is 29.5 Å². The minimum atomic E-state index is -0.180. The molecule has 0 bridgehead atoms. The molecule has 0 amide bonds. The van der Waals surface area contributed by atoms with E-state index in [0.717, 1.165) is 24.8 Å². The standard InChI is InChI=1S/C10H16O2/c1-7(2)9-5-4-8(3)10(6-9)12-11/h9-11H,1,3-6H2,2H3/t9-,10?/m1/s1. The third kappa shape index (κ3) is 1.96. The molecule has 2 atom stereocenters. The lowest BCUT2D eigenvalue weighted by molar-refractivity contribution is -0.273. The van der Waals surface area contributed by atoms with Crippen LogP contribution < -0.4 is 0 Å². The summed E-state index contributed by atoms with van der Waals surface area (Å²) in [5.74, 6) is 0.479. The largest absolute Gasteiger partial charge is 0.251 e. The van der Waals surface area contributed by atoms with Crippen molar-refractivity contribution in [2.45, 2.75) is 32.3 Å². The fourth-order valence-corrected chi connectivity index (χ4v) is 1.63. The van der Waals surface area contributed by atoms with Gasteiger partial charge in [0.25, 0.3) is 0 Å². The molecule has 0 heterocycles. The molecule has 0 radical (unpaired) electrons. The first kappa shape index (κ1) is 9.49. The summed E-state index contributed by atoms with van der Waals surface area (Å²) < 4.78 is 0. The molecule has 1 aliphatic rings. The van der Waals surface area contributed by atoms with Gasteiger partial charge in [-0.05, 0) is 37.7 Å². The van der Waals surface area contributed by atoms with Crippen LogP contribution in [0.15, 0.2) is 24.3 Å². The summed E-state index contributed by atoms with van der Waals surface area (Å²) in [6, 6.07) is 0. The van der Waals surface area contributed by atoms with Crippen LogP contribution >= 0.6 is 0 Å². The van der Waals surface area contributed by atoms with Crippen molar-refractivity contribution in [2.75, 3.05) is 0 Å². The second-order valence-corrected chi connectivity index (χ2v) is 3.57. The van der Waals surface area contributed by atoms with E-state index in [0.29, 0.717) is 5.92 Å². The Hall–Kier alpha value is -0.600. The van der Waals surface area contributed by atoms with E-state index in [4.69, 9.17) is 5.26 Å². The van der Waals surface area contributed by atoms with Gasteiger partial charge in [0.1, 0.15) is 6.10 Å². The van der Waals surface area contributed by atoms with Crippen LogP contribution in [0.3, 0.4) is 0 Å². The van der Waals surface area contributed by atoms with Crippen LogP contribution in [0.1, 0.15) is 26.2 Å². The smallest absolute Gasteiger partial charge is 0.114 e. The maximum absolute atomic E-state index is 8.57. The van der Waals surface area contributed by atoms with Gasteiger partial charge >= 0.3 is 0 Å². The van der Waals surface area contributed by atoms with Gasteiger partial charge in [0, 0.05) is 0 Å². The summed E-state index contributed by atoms with van der Waals surface area (Å²) in [6.07, 6.45) is 2.67. The number of rotatable bonds is 2. The van der Waals surface area contributed by atoms with Crippen LogP contribution in [0.5, 0.6) is 0 Å². The molecule has 1 aliphatic carbocycles. The highest BCUT2D eigenvalue weighted by Crippen LogP contribution is 2.32. The van der Waals surface area contributed by atoms with Crippen LogP contribution in [0.25, 0.3) is 0 Å². The second kappa shape index (κ2) is 3.87. The monoisotopic (exact) mass is 168 g/mol. The van der Waals surface area contributed by atoms with E-state index in [9.17, 15) is 0 Å². The maximum atomic E-state index is 8.57. The van der Waals surface area contributed by atoms with Gasteiger partial charge in [-0.3, -0.25) is 5.26 Å². The molecule has 68 valence electrons. The number of hydrogen-bond donors (Lipinski definition) is 1. The molecule has 1 saturated carbocycles. The van der Waals surface area contributed by atoms with E-state index in [1.165, 1.54) is 5.57 Å². The molecule has 0 aromatic heterocycles. The Morgan fingerprint density at radius 2 is 2.33 bits per heavy atom. The normalized spacial score (nSPS) is 30.3. The lowest BCUT2D eigenvalue weighted by atomic mass is 9.81. The maximum Gasteiger partial charge on any atom is 0.114 e. The lowest BCUT2D eigenvalue weighted by Gasteiger charge is -2.29. The van der Waals surface area contributed by atoms with Gasteiger partial charge in [0.05, 0.1) is 0 Å². The third-order valence-corrected chi connectivity index (χ3v) is 2.59. The Labute approximate surface area is 73.5 Å². The van der Waals surface area contributed by atoms with Gasteiger partial charge < -0.3 is 0 Å². The van der Waals surface area contributed by atoms with E-state index >= 15 is 0 Å². The summed E-state index contributed by atoms with van der Waals surface area (Å²) in [4.78, 5) is 4.34. The van der Waals surface area contributed by atoms with E-state index < -0.39 is 0 Å². The second-order valence-electron chi connectivity index (χ2n) is 3.57. The van der Waals surface area contributed by atoms with Gasteiger partial charge in [0.15, 0.2) is 0 Å². The molecule has 0 aromatic carbocycles. The van der Waals surface area contributed by atoms with Crippen LogP contribution in [-0.2, 0) is 4.89 Å². The summed E-state index contributed by atoms with van der Waals surface area (Å²) in [5, 5.41) is 8.57. The Morgan fingerprint density at radius 1 is 1.67 bits per heavy atom. The molecule has 0 aliphatic heterocycles. The van der Waals surface area contributed by atoms with Gasteiger partial charge in [-0.2, -0.15) is 0 Å². The number of allylic oxidation sites excluding steroid dienone is 1. The van der Waals surface area contributed by atoms with E-state index in [1.54, 1.807) is 0 Å². The minimum Gasteiger partial charge on any atom is -0.251 e. The fraction of sp³-hybridized carbons (Fsp3) is 0.600. The zero-order valence-corrected chi connectivity index (χ0v) is 7.55. The highest BCUT2D eigenvalue weighted by atomic mass is 17.1. The predicted molar refractivity (Wildman–Crippen MR) is 48.8 cm³/mol. The summed E-state index contributed by atoms with van der Waals surface area (Å²) >= 11 is 0. The Morgan fingerprint density at radius 3 is 2.83 bits per heavy atom. The van der Waals surface area contributed by atoms with Crippen molar-refractivity contribution in [3.63, 3.8) is 0 Å².